The lowest BCUT2D eigenvalue weighted by Gasteiger charge is -2.29. The van der Waals surface area contributed by atoms with Gasteiger partial charge in [-0.2, -0.15) is 0 Å². The summed E-state index contributed by atoms with van der Waals surface area (Å²) in [6.07, 6.45) is 7.31. The number of rotatable bonds is 5. The molecule has 0 aliphatic heterocycles. The molecule has 3 nitrogen and oxygen atoms in total. The van der Waals surface area contributed by atoms with Crippen molar-refractivity contribution >= 4 is 9.84 Å². The Labute approximate surface area is 105 Å². The van der Waals surface area contributed by atoms with E-state index in [4.69, 9.17) is 0 Å². The third-order valence-corrected chi connectivity index (χ3v) is 5.64. The summed E-state index contributed by atoms with van der Waals surface area (Å²) in [6, 6.07) is 0.569. The molecule has 4 heteroatoms. The fourth-order valence-electron chi connectivity index (χ4n) is 3.15. The van der Waals surface area contributed by atoms with Gasteiger partial charge in [0, 0.05) is 18.8 Å². The second-order valence-corrected chi connectivity index (χ2v) is 9.02. The molecule has 0 aromatic carbocycles. The van der Waals surface area contributed by atoms with E-state index in [2.05, 4.69) is 19.2 Å². The average molecular weight is 259 g/mol. The lowest BCUT2D eigenvalue weighted by molar-refractivity contribution is 0.271. The zero-order valence-electron chi connectivity index (χ0n) is 11.3. The van der Waals surface area contributed by atoms with Crippen molar-refractivity contribution in [3.05, 3.63) is 0 Å². The summed E-state index contributed by atoms with van der Waals surface area (Å²) in [7, 11) is -2.83. The normalized spacial score (nSPS) is 30.4. The Morgan fingerprint density at radius 2 is 1.88 bits per heavy atom. The minimum Gasteiger partial charge on any atom is -0.313 e. The van der Waals surface area contributed by atoms with Gasteiger partial charge in [0.05, 0.1) is 5.75 Å². The van der Waals surface area contributed by atoms with Crippen molar-refractivity contribution < 1.29 is 8.42 Å². The molecule has 2 rings (SSSR count). The van der Waals surface area contributed by atoms with Crippen molar-refractivity contribution in [3.63, 3.8) is 0 Å². The van der Waals surface area contributed by atoms with Crippen LogP contribution in [0.1, 0.15) is 46.0 Å². The molecule has 1 N–H and O–H groups in total. The Morgan fingerprint density at radius 1 is 1.24 bits per heavy atom. The first kappa shape index (κ1) is 13.3. The molecule has 17 heavy (non-hydrogen) atoms. The summed E-state index contributed by atoms with van der Waals surface area (Å²) in [5.74, 6) is 0.361. The predicted octanol–water partition coefficient (Wildman–Crippen LogP) is 1.98. The van der Waals surface area contributed by atoms with Crippen LogP contribution in [0.25, 0.3) is 0 Å². The van der Waals surface area contributed by atoms with Gasteiger partial charge in [-0.05, 0) is 36.5 Å². The van der Waals surface area contributed by atoms with Gasteiger partial charge in [-0.1, -0.05) is 20.3 Å². The smallest absolute Gasteiger partial charge is 0.148 e. The lowest BCUT2D eigenvalue weighted by atomic mass is 9.87. The van der Waals surface area contributed by atoms with Crippen molar-refractivity contribution in [2.45, 2.75) is 52.0 Å². The largest absolute Gasteiger partial charge is 0.313 e. The summed E-state index contributed by atoms with van der Waals surface area (Å²) in [6.45, 7) is 5.51. The Kier molecular flexibility index (Phi) is 3.32. The Balaban J connectivity index is 1.86. The number of sulfone groups is 1. The van der Waals surface area contributed by atoms with E-state index in [1.807, 2.05) is 0 Å². The molecule has 0 bridgehead atoms. The molecule has 2 aliphatic rings. The average Bonchev–Trinajstić information content (AvgIpc) is 2.79. The third-order valence-electron chi connectivity index (χ3n) is 4.51. The standard InChI is InChI=1S/C13H25NO2S/c1-12(2)6-4-5-11(12)14-9-13(7-8-13)10-17(3,15)16/h11,14H,4-10H2,1-3H3/t11-/m1/s1. The summed E-state index contributed by atoms with van der Waals surface area (Å²) in [4.78, 5) is 0. The molecular formula is C13H25NO2S. The minimum absolute atomic E-state index is 0.0618. The van der Waals surface area contributed by atoms with E-state index < -0.39 is 9.84 Å². The van der Waals surface area contributed by atoms with Gasteiger partial charge in [0.25, 0.3) is 0 Å². The molecule has 0 radical (unpaired) electrons. The minimum atomic E-state index is -2.83. The van der Waals surface area contributed by atoms with Crippen molar-refractivity contribution in [3.8, 4) is 0 Å². The first-order valence-electron chi connectivity index (χ1n) is 6.64. The van der Waals surface area contributed by atoms with E-state index >= 15 is 0 Å². The highest BCUT2D eigenvalue weighted by molar-refractivity contribution is 7.90. The van der Waals surface area contributed by atoms with Crippen molar-refractivity contribution in [2.24, 2.45) is 10.8 Å². The molecular weight excluding hydrogens is 234 g/mol. The maximum absolute atomic E-state index is 11.4. The Morgan fingerprint density at radius 3 is 2.29 bits per heavy atom. The van der Waals surface area contributed by atoms with Crippen LogP contribution in [0.3, 0.4) is 0 Å². The molecule has 2 aliphatic carbocycles. The number of nitrogens with one attached hydrogen (secondary N) is 1. The van der Waals surface area contributed by atoms with Crippen LogP contribution in [0, 0.1) is 10.8 Å². The lowest BCUT2D eigenvalue weighted by Crippen LogP contribution is -2.42. The highest BCUT2D eigenvalue weighted by Crippen LogP contribution is 2.47. The SMILES string of the molecule is CC1(C)CCC[C@H]1NCC1(CS(C)(=O)=O)CC1. The first-order chi connectivity index (χ1) is 7.73. The fourth-order valence-corrected chi connectivity index (χ4v) is 4.65. The maximum atomic E-state index is 11.4. The van der Waals surface area contributed by atoms with Gasteiger partial charge in [-0.3, -0.25) is 0 Å². The molecule has 0 saturated heterocycles. The number of hydrogen-bond acceptors (Lipinski definition) is 3. The van der Waals surface area contributed by atoms with Crippen molar-refractivity contribution in [1.29, 1.82) is 0 Å². The molecule has 0 aromatic heterocycles. The number of hydrogen-bond donors (Lipinski definition) is 1. The molecule has 100 valence electrons. The predicted molar refractivity (Wildman–Crippen MR) is 70.8 cm³/mol. The highest BCUT2D eigenvalue weighted by atomic mass is 32.2. The van der Waals surface area contributed by atoms with Gasteiger partial charge >= 0.3 is 0 Å². The summed E-state index contributed by atoms with van der Waals surface area (Å²) in [5.41, 5.74) is 0.438. The van der Waals surface area contributed by atoms with Crippen LogP contribution < -0.4 is 5.32 Å². The molecule has 0 amide bonds. The maximum Gasteiger partial charge on any atom is 0.148 e. The molecule has 2 saturated carbocycles. The molecule has 1 atom stereocenters. The summed E-state index contributed by atoms with van der Waals surface area (Å²) in [5, 5.41) is 3.63. The van der Waals surface area contributed by atoms with Crippen molar-refractivity contribution in [1.82, 2.24) is 5.32 Å². The first-order valence-corrected chi connectivity index (χ1v) is 8.70. The van der Waals surface area contributed by atoms with Crippen LogP contribution in [0.4, 0.5) is 0 Å². The fraction of sp³-hybridized carbons (Fsp3) is 1.00. The van der Waals surface area contributed by atoms with Gasteiger partial charge in [-0.15, -0.1) is 0 Å². The van der Waals surface area contributed by atoms with E-state index in [-0.39, 0.29) is 5.41 Å². The summed E-state index contributed by atoms with van der Waals surface area (Å²) < 4.78 is 22.8. The van der Waals surface area contributed by atoms with Crippen LogP contribution >= 0.6 is 0 Å². The van der Waals surface area contributed by atoms with Crippen LogP contribution in [0.5, 0.6) is 0 Å². The van der Waals surface area contributed by atoms with Gasteiger partial charge in [0.2, 0.25) is 0 Å². The molecule has 0 spiro atoms. The van der Waals surface area contributed by atoms with Crippen molar-refractivity contribution in [2.75, 3.05) is 18.6 Å². The monoisotopic (exact) mass is 259 g/mol. The zero-order chi connectivity index (χ0) is 12.7. The van der Waals surface area contributed by atoms with Crippen LogP contribution in [0.2, 0.25) is 0 Å². The van der Waals surface area contributed by atoms with Crippen LogP contribution in [-0.4, -0.2) is 33.0 Å². The highest BCUT2D eigenvalue weighted by Gasteiger charge is 2.46. The molecule has 0 aromatic rings. The van der Waals surface area contributed by atoms with Gasteiger partial charge in [0.15, 0.2) is 0 Å². The second-order valence-electron chi connectivity index (χ2n) is 6.88. The zero-order valence-corrected chi connectivity index (χ0v) is 12.1. The summed E-state index contributed by atoms with van der Waals surface area (Å²) >= 11 is 0. The Bertz CT molecular complexity index is 382. The Hall–Kier alpha value is -0.0900. The van der Waals surface area contributed by atoms with Gasteiger partial charge in [0.1, 0.15) is 9.84 Å². The van der Waals surface area contributed by atoms with Crippen LogP contribution in [-0.2, 0) is 9.84 Å². The third kappa shape index (κ3) is 3.44. The van der Waals surface area contributed by atoms with E-state index in [1.54, 1.807) is 0 Å². The van der Waals surface area contributed by atoms with Gasteiger partial charge < -0.3 is 5.32 Å². The molecule has 0 heterocycles. The quantitative estimate of drug-likeness (QED) is 0.821. The van der Waals surface area contributed by atoms with E-state index in [1.165, 1.54) is 25.5 Å². The second kappa shape index (κ2) is 4.23. The van der Waals surface area contributed by atoms with E-state index in [0.29, 0.717) is 17.2 Å². The molecule has 0 unspecified atom stereocenters. The van der Waals surface area contributed by atoms with Crippen LogP contribution in [0.15, 0.2) is 0 Å². The van der Waals surface area contributed by atoms with Gasteiger partial charge in [-0.25, -0.2) is 8.42 Å². The molecule has 2 fully saturated rings. The topological polar surface area (TPSA) is 46.2 Å². The van der Waals surface area contributed by atoms with E-state index in [0.717, 1.165) is 19.4 Å². The van der Waals surface area contributed by atoms with E-state index in [9.17, 15) is 8.42 Å².